The van der Waals surface area contributed by atoms with E-state index >= 15 is 0 Å². The van der Waals surface area contributed by atoms with Crippen LogP contribution in [0.1, 0.15) is 0 Å². The summed E-state index contributed by atoms with van der Waals surface area (Å²) in [4.78, 5) is 10.7. The minimum Gasteiger partial charge on any atom is -0.506 e. The molecule has 0 heterocycles. The summed E-state index contributed by atoms with van der Waals surface area (Å²) in [6.07, 6.45) is 0. The molecule has 0 spiro atoms. The topological polar surface area (TPSA) is 37.3 Å². The average molecular weight is 157 g/mol. The summed E-state index contributed by atoms with van der Waals surface area (Å²) in [6.45, 7) is 0. The second-order valence-electron chi connectivity index (χ2n) is 1.78. The molecule has 3 heteroatoms. The van der Waals surface area contributed by atoms with Crippen molar-refractivity contribution in [1.82, 2.24) is 0 Å². The minimum atomic E-state index is -0.371. The predicted octanol–water partition coefficient (Wildman–Crippen LogP) is 1.41. The third-order valence-electron chi connectivity index (χ3n) is 1.05. The minimum absolute atomic E-state index is 0.134. The number of halogens is 1. The van der Waals surface area contributed by atoms with Crippen molar-refractivity contribution >= 4 is 11.6 Å². The fraction of sp³-hybridized carbons (Fsp3) is 0. The Morgan fingerprint density at radius 3 is 2.60 bits per heavy atom. The molecule has 10 heavy (non-hydrogen) atoms. The number of rotatable bonds is 0. The Balaban J connectivity index is 3.53. The third kappa shape index (κ3) is 1.28. The maximum atomic E-state index is 10.7. The predicted molar refractivity (Wildman–Crippen MR) is 39.4 cm³/mol. The van der Waals surface area contributed by atoms with Crippen LogP contribution in [0.25, 0.3) is 0 Å². The second-order valence-corrected chi connectivity index (χ2v) is 2.16. The van der Waals surface area contributed by atoms with Crippen molar-refractivity contribution in [2.45, 2.75) is 0 Å². The first-order valence-corrected chi connectivity index (χ1v) is 3.07. The summed E-state index contributed by atoms with van der Waals surface area (Å²) < 4.78 is 0. The summed E-state index contributed by atoms with van der Waals surface area (Å²) in [5.41, 5.74) is -0.371. The highest BCUT2D eigenvalue weighted by atomic mass is 35.5. The van der Waals surface area contributed by atoms with Gasteiger partial charge in [-0.05, 0) is 12.1 Å². The van der Waals surface area contributed by atoms with Gasteiger partial charge in [0.05, 0.1) is 0 Å². The molecule has 2 nitrogen and oxygen atoms in total. The molecular formula is C7H5ClO2. The van der Waals surface area contributed by atoms with E-state index in [1.54, 1.807) is 6.07 Å². The van der Waals surface area contributed by atoms with Gasteiger partial charge >= 0.3 is 0 Å². The van der Waals surface area contributed by atoms with Crippen LogP contribution in [0.15, 0.2) is 29.1 Å². The lowest BCUT2D eigenvalue weighted by atomic mass is 10.5. The normalized spacial score (nSPS) is 9.30. The summed E-state index contributed by atoms with van der Waals surface area (Å²) in [6, 6.07) is 5.72. The molecule has 1 aromatic rings. The van der Waals surface area contributed by atoms with Gasteiger partial charge in [-0.3, -0.25) is 4.79 Å². The molecule has 0 aliphatic rings. The van der Waals surface area contributed by atoms with Crippen LogP contribution < -0.4 is 5.43 Å². The van der Waals surface area contributed by atoms with E-state index in [-0.39, 0.29) is 16.2 Å². The lowest BCUT2D eigenvalue weighted by Gasteiger charge is -1.83. The van der Waals surface area contributed by atoms with Gasteiger partial charge in [-0.1, -0.05) is 23.7 Å². The number of hydrogen-bond acceptors (Lipinski definition) is 2. The summed E-state index contributed by atoms with van der Waals surface area (Å²) in [5, 5.41) is 8.79. The van der Waals surface area contributed by atoms with Gasteiger partial charge in [-0.2, -0.15) is 0 Å². The second kappa shape index (κ2) is 2.71. The largest absolute Gasteiger partial charge is 0.506 e. The van der Waals surface area contributed by atoms with E-state index in [2.05, 4.69) is 0 Å². The molecule has 1 aromatic carbocycles. The van der Waals surface area contributed by atoms with Gasteiger partial charge in [-0.25, -0.2) is 0 Å². The Hall–Kier alpha value is -1.02. The van der Waals surface area contributed by atoms with Crippen molar-refractivity contribution in [3.05, 3.63) is 39.5 Å². The van der Waals surface area contributed by atoms with E-state index in [9.17, 15) is 4.79 Å². The fourth-order valence-corrected chi connectivity index (χ4v) is 0.688. The van der Waals surface area contributed by atoms with Gasteiger partial charge in [0.2, 0.25) is 5.43 Å². The Labute approximate surface area is 62.7 Å². The number of hydrogen-bond donors (Lipinski definition) is 1. The summed E-state index contributed by atoms with van der Waals surface area (Å²) in [7, 11) is 0. The van der Waals surface area contributed by atoms with E-state index in [1.807, 2.05) is 0 Å². The molecule has 0 atom stereocenters. The Kier molecular flexibility index (Phi) is 1.92. The fourth-order valence-electron chi connectivity index (χ4n) is 0.562. The van der Waals surface area contributed by atoms with E-state index in [0.717, 1.165) is 0 Å². The highest BCUT2D eigenvalue weighted by Gasteiger charge is 1.96. The van der Waals surface area contributed by atoms with Crippen LogP contribution >= 0.6 is 11.6 Å². The maximum absolute atomic E-state index is 10.7. The lowest BCUT2D eigenvalue weighted by molar-refractivity contribution is 0.476. The molecule has 0 radical (unpaired) electrons. The van der Waals surface area contributed by atoms with Gasteiger partial charge in [0.25, 0.3) is 0 Å². The third-order valence-corrected chi connectivity index (χ3v) is 1.43. The molecule has 0 bridgehead atoms. The zero-order valence-electron chi connectivity index (χ0n) is 5.04. The first-order chi connectivity index (χ1) is 4.72. The zero-order chi connectivity index (χ0) is 7.56. The maximum Gasteiger partial charge on any atom is 0.200 e. The van der Waals surface area contributed by atoms with Crippen molar-refractivity contribution in [1.29, 1.82) is 0 Å². The Morgan fingerprint density at radius 1 is 1.30 bits per heavy atom. The molecule has 0 aliphatic heterocycles. The van der Waals surface area contributed by atoms with Crippen molar-refractivity contribution in [2.75, 3.05) is 0 Å². The highest BCUT2D eigenvalue weighted by Crippen LogP contribution is 2.15. The molecule has 0 saturated heterocycles. The van der Waals surface area contributed by atoms with Crippen molar-refractivity contribution in [2.24, 2.45) is 0 Å². The van der Waals surface area contributed by atoms with Crippen LogP contribution in [-0.4, -0.2) is 5.11 Å². The molecule has 0 unspecified atom stereocenters. The molecule has 52 valence electrons. The van der Waals surface area contributed by atoms with E-state index in [0.29, 0.717) is 0 Å². The number of aromatic hydroxyl groups is 1. The van der Waals surface area contributed by atoms with Crippen LogP contribution in [0, 0.1) is 0 Å². The molecule has 0 amide bonds. The Bertz CT molecular complexity index is 296. The summed E-state index contributed by atoms with van der Waals surface area (Å²) >= 11 is 5.40. The van der Waals surface area contributed by atoms with Crippen molar-refractivity contribution in [3.63, 3.8) is 0 Å². The quantitative estimate of drug-likeness (QED) is 0.617. The van der Waals surface area contributed by atoms with Gasteiger partial charge in [0.15, 0.2) is 0 Å². The van der Waals surface area contributed by atoms with E-state index < -0.39 is 0 Å². The van der Waals surface area contributed by atoms with Crippen LogP contribution in [0.4, 0.5) is 0 Å². The first kappa shape index (κ1) is 7.09. The lowest BCUT2D eigenvalue weighted by Crippen LogP contribution is -1.93. The Morgan fingerprint density at radius 2 is 1.90 bits per heavy atom. The van der Waals surface area contributed by atoms with Crippen molar-refractivity contribution < 1.29 is 5.11 Å². The molecule has 0 fully saturated rings. The molecule has 0 aliphatic carbocycles. The molecule has 0 aromatic heterocycles. The molecule has 1 rings (SSSR count). The summed E-state index contributed by atoms with van der Waals surface area (Å²) in [5.74, 6) is -0.184. The molecular weight excluding hydrogens is 152 g/mol. The SMILES string of the molecule is O=c1ccccc(O)c1Cl. The van der Waals surface area contributed by atoms with Gasteiger partial charge in [-0.15, -0.1) is 0 Å². The van der Waals surface area contributed by atoms with Gasteiger partial charge in [0.1, 0.15) is 10.8 Å². The first-order valence-electron chi connectivity index (χ1n) is 2.69. The van der Waals surface area contributed by atoms with Crippen LogP contribution in [0.2, 0.25) is 5.02 Å². The monoisotopic (exact) mass is 156 g/mol. The van der Waals surface area contributed by atoms with Gasteiger partial charge in [0, 0.05) is 0 Å². The van der Waals surface area contributed by atoms with Crippen LogP contribution in [0.5, 0.6) is 5.75 Å². The van der Waals surface area contributed by atoms with E-state index in [1.165, 1.54) is 18.2 Å². The highest BCUT2D eigenvalue weighted by molar-refractivity contribution is 6.31. The van der Waals surface area contributed by atoms with Crippen LogP contribution in [0.3, 0.4) is 0 Å². The molecule has 1 N–H and O–H groups in total. The van der Waals surface area contributed by atoms with Crippen molar-refractivity contribution in [3.8, 4) is 5.75 Å². The molecule has 0 saturated carbocycles. The van der Waals surface area contributed by atoms with Gasteiger partial charge < -0.3 is 5.11 Å². The zero-order valence-corrected chi connectivity index (χ0v) is 5.80. The standard InChI is InChI=1S/C7H5ClO2/c8-7-5(9)3-1-2-4-6(7)10/h1-4,9H. The smallest absolute Gasteiger partial charge is 0.200 e. The average Bonchev–Trinajstić information content (AvgIpc) is 2.04. The van der Waals surface area contributed by atoms with E-state index in [4.69, 9.17) is 16.7 Å². The van der Waals surface area contributed by atoms with Crippen LogP contribution in [-0.2, 0) is 0 Å².